The monoisotopic (exact) mass is 290 g/mol. The van der Waals surface area contributed by atoms with Crippen LogP contribution in [-0.4, -0.2) is 10.9 Å². The summed E-state index contributed by atoms with van der Waals surface area (Å²) in [6.07, 6.45) is 4.87. The topological polar surface area (TPSA) is 50.4 Å². The molecule has 0 saturated heterocycles. The Bertz CT molecular complexity index is 814. The third-order valence-electron chi connectivity index (χ3n) is 3.29. The van der Waals surface area contributed by atoms with E-state index in [1.807, 2.05) is 36.4 Å². The molecule has 0 aliphatic rings. The van der Waals surface area contributed by atoms with Crippen LogP contribution in [0.5, 0.6) is 5.75 Å². The van der Waals surface area contributed by atoms with Crippen molar-refractivity contribution < 1.29 is 14.3 Å². The van der Waals surface area contributed by atoms with E-state index in [4.69, 9.17) is 4.42 Å². The van der Waals surface area contributed by atoms with Crippen molar-refractivity contribution in [2.75, 3.05) is 0 Å². The maximum absolute atomic E-state index is 12.1. The maximum atomic E-state index is 12.1. The fraction of sp³-hybridized carbons (Fsp3) is 0. The number of furan rings is 1. The molecular weight excluding hydrogens is 276 g/mol. The van der Waals surface area contributed by atoms with Crippen LogP contribution in [0.25, 0.3) is 17.4 Å². The highest BCUT2D eigenvalue weighted by atomic mass is 16.3. The first-order valence-electron chi connectivity index (χ1n) is 6.88. The number of benzene rings is 2. The van der Waals surface area contributed by atoms with Gasteiger partial charge in [-0.3, -0.25) is 4.79 Å². The van der Waals surface area contributed by atoms with Gasteiger partial charge in [-0.15, -0.1) is 0 Å². The number of phenols is 1. The lowest BCUT2D eigenvalue weighted by molar-refractivity contribution is 0.104. The minimum atomic E-state index is -0.162. The van der Waals surface area contributed by atoms with Gasteiger partial charge in [0.2, 0.25) is 0 Å². The SMILES string of the molecule is O=C(C=Cc1ccccc1-c1ccco1)c1cccc(O)c1. The van der Waals surface area contributed by atoms with Crippen LogP contribution in [0.3, 0.4) is 0 Å². The summed E-state index contributed by atoms with van der Waals surface area (Å²) in [5, 5.41) is 9.43. The largest absolute Gasteiger partial charge is 0.508 e. The second kappa shape index (κ2) is 6.14. The van der Waals surface area contributed by atoms with Gasteiger partial charge >= 0.3 is 0 Å². The molecular formula is C19H14O3. The number of phenolic OH excluding ortho intramolecular Hbond substituents is 1. The van der Waals surface area contributed by atoms with E-state index in [0.29, 0.717) is 5.56 Å². The van der Waals surface area contributed by atoms with Crippen molar-refractivity contribution in [3.05, 3.63) is 84.1 Å². The van der Waals surface area contributed by atoms with Crippen LogP contribution in [0.1, 0.15) is 15.9 Å². The smallest absolute Gasteiger partial charge is 0.185 e. The summed E-state index contributed by atoms with van der Waals surface area (Å²) in [6.45, 7) is 0. The number of rotatable bonds is 4. The lowest BCUT2D eigenvalue weighted by atomic mass is 10.0. The minimum Gasteiger partial charge on any atom is -0.508 e. The van der Waals surface area contributed by atoms with E-state index in [1.165, 1.54) is 18.2 Å². The highest BCUT2D eigenvalue weighted by Crippen LogP contribution is 2.25. The number of hydrogen-bond donors (Lipinski definition) is 1. The molecule has 0 fully saturated rings. The molecule has 1 aromatic heterocycles. The van der Waals surface area contributed by atoms with Gasteiger partial charge in [-0.1, -0.05) is 42.5 Å². The summed E-state index contributed by atoms with van der Waals surface area (Å²) in [7, 11) is 0. The van der Waals surface area contributed by atoms with Gasteiger partial charge in [0, 0.05) is 11.1 Å². The van der Waals surface area contributed by atoms with Crippen molar-refractivity contribution >= 4 is 11.9 Å². The van der Waals surface area contributed by atoms with Crippen molar-refractivity contribution in [2.45, 2.75) is 0 Å². The molecule has 0 spiro atoms. The fourth-order valence-corrected chi connectivity index (χ4v) is 2.22. The molecule has 3 heteroatoms. The van der Waals surface area contributed by atoms with Gasteiger partial charge in [-0.05, 0) is 35.9 Å². The molecule has 0 radical (unpaired) electrons. The first kappa shape index (κ1) is 13.9. The Morgan fingerprint density at radius 2 is 1.86 bits per heavy atom. The summed E-state index contributed by atoms with van der Waals surface area (Å²) in [6, 6.07) is 17.7. The molecule has 3 rings (SSSR count). The molecule has 1 N–H and O–H groups in total. The quantitative estimate of drug-likeness (QED) is 0.566. The highest BCUT2D eigenvalue weighted by Gasteiger charge is 2.06. The van der Waals surface area contributed by atoms with Gasteiger partial charge in [0.1, 0.15) is 11.5 Å². The molecule has 0 bridgehead atoms. The van der Waals surface area contributed by atoms with E-state index in [9.17, 15) is 9.90 Å². The van der Waals surface area contributed by atoms with Gasteiger partial charge in [0.15, 0.2) is 5.78 Å². The molecule has 1 heterocycles. The first-order chi connectivity index (χ1) is 10.7. The number of ketones is 1. The third kappa shape index (κ3) is 2.99. The van der Waals surface area contributed by atoms with E-state index < -0.39 is 0 Å². The zero-order valence-electron chi connectivity index (χ0n) is 11.8. The molecule has 108 valence electrons. The molecule has 2 aromatic carbocycles. The van der Waals surface area contributed by atoms with Gasteiger partial charge in [-0.25, -0.2) is 0 Å². The average Bonchev–Trinajstić information content (AvgIpc) is 3.07. The lowest BCUT2D eigenvalue weighted by Gasteiger charge is -2.02. The predicted molar refractivity (Wildman–Crippen MR) is 85.6 cm³/mol. The highest BCUT2D eigenvalue weighted by molar-refractivity contribution is 6.07. The summed E-state index contributed by atoms with van der Waals surface area (Å²) < 4.78 is 5.42. The Labute approximate surface area is 128 Å². The lowest BCUT2D eigenvalue weighted by Crippen LogP contribution is -1.93. The van der Waals surface area contributed by atoms with Gasteiger partial charge < -0.3 is 9.52 Å². The summed E-state index contributed by atoms with van der Waals surface area (Å²) >= 11 is 0. The van der Waals surface area contributed by atoms with E-state index in [-0.39, 0.29) is 11.5 Å². The minimum absolute atomic E-state index is 0.0789. The summed E-state index contributed by atoms with van der Waals surface area (Å²) in [4.78, 5) is 12.1. The zero-order chi connectivity index (χ0) is 15.4. The van der Waals surface area contributed by atoms with E-state index in [1.54, 1.807) is 24.5 Å². The van der Waals surface area contributed by atoms with Crippen molar-refractivity contribution in [3.63, 3.8) is 0 Å². The van der Waals surface area contributed by atoms with Crippen LogP contribution in [0, 0.1) is 0 Å². The summed E-state index contributed by atoms with van der Waals surface area (Å²) in [5.74, 6) is 0.672. The Kier molecular flexibility index (Phi) is 3.88. The van der Waals surface area contributed by atoms with Gasteiger partial charge in [-0.2, -0.15) is 0 Å². The van der Waals surface area contributed by atoms with Crippen LogP contribution >= 0.6 is 0 Å². The molecule has 22 heavy (non-hydrogen) atoms. The first-order valence-corrected chi connectivity index (χ1v) is 6.88. The predicted octanol–water partition coefficient (Wildman–Crippen LogP) is 4.55. The standard InChI is InChI=1S/C19H14O3/c20-16-7-3-6-15(13-16)18(21)11-10-14-5-1-2-8-17(14)19-9-4-12-22-19/h1-13,20H. The molecule has 3 nitrogen and oxygen atoms in total. The van der Waals surface area contributed by atoms with Crippen LogP contribution in [-0.2, 0) is 0 Å². The maximum Gasteiger partial charge on any atom is 0.185 e. The van der Waals surface area contributed by atoms with Crippen molar-refractivity contribution in [2.24, 2.45) is 0 Å². The second-order valence-electron chi connectivity index (χ2n) is 4.81. The number of carbonyl (C=O) groups excluding carboxylic acids is 1. The Morgan fingerprint density at radius 3 is 2.64 bits per heavy atom. The Morgan fingerprint density at radius 1 is 1.00 bits per heavy atom. The molecule has 0 unspecified atom stereocenters. The van der Waals surface area contributed by atoms with Crippen LogP contribution in [0.4, 0.5) is 0 Å². The molecule has 0 aliphatic heterocycles. The average molecular weight is 290 g/mol. The van der Waals surface area contributed by atoms with Crippen molar-refractivity contribution in [1.82, 2.24) is 0 Å². The van der Waals surface area contributed by atoms with E-state index >= 15 is 0 Å². The second-order valence-corrected chi connectivity index (χ2v) is 4.81. The van der Waals surface area contributed by atoms with E-state index in [2.05, 4.69) is 0 Å². The number of aromatic hydroxyl groups is 1. The normalized spacial score (nSPS) is 10.9. The third-order valence-corrected chi connectivity index (χ3v) is 3.29. The molecule has 0 amide bonds. The van der Waals surface area contributed by atoms with Crippen LogP contribution in [0.2, 0.25) is 0 Å². The molecule has 3 aromatic rings. The van der Waals surface area contributed by atoms with Crippen molar-refractivity contribution in [3.8, 4) is 17.1 Å². The summed E-state index contributed by atoms with van der Waals surface area (Å²) in [5.41, 5.74) is 2.27. The van der Waals surface area contributed by atoms with Crippen LogP contribution < -0.4 is 0 Å². The van der Waals surface area contributed by atoms with Gasteiger partial charge in [0.05, 0.1) is 6.26 Å². The number of hydrogen-bond acceptors (Lipinski definition) is 3. The number of carbonyl (C=O) groups is 1. The Hall–Kier alpha value is -3.07. The fourth-order valence-electron chi connectivity index (χ4n) is 2.22. The molecule has 0 aliphatic carbocycles. The van der Waals surface area contributed by atoms with E-state index in [0.717, 1.165) is 16.9 Å². The zero-order valence-corrected chi connectivity index (χ0v) is 11.8. The molecule has 0 saturated carbocycles. The number of allylic oxidation sites excluding steroid dienone is 1. The van der Waals surface area contributed by atoms with Crippen LogP contribution in [0.15, 0.2) is 77.4 Å². The van der Waals surface area contributed by atoms with Gasteiger partial charge in [0.25, 0.3) is 0 Å². The van der Waals surface area contributed by atoms with Crippen molar-refractivity contribution in [1.29, 1.82) is 0 Å². The Balaban J connectivity index is 1.89. The molecule has 0 atom stereocenters.